The second-order valence-electron chi connectivity index (χ2n) is 6.55. The first-order chi connectivity index (χ1) is 8.73. The molecule has 0 aromatic carbocycles. The zero-order chi connectivity index (χ0) is 12.6. The van der Waals surface area contributed by atoms with Crippen LogP contribution < -0.4 is 5.32 Å². The van der Waals surface area contributed by atoms with Crippen LogP contribution in [0.2, 0.25) is 0 Å². The second kappa shape index (κ2) is 4.84. The van der Waals surface area contributed by atoms with Gasteiger partial charge in [0.15, 0.2) is 0 Å². The molecular formula is C15H26N2O. The van der Waals surface area contributed by atoms with Crippen molar-refractivity contribution in [3.8, 4) is 0 Å². The Balaban J connectivity index is 1.43. The normalized spacial score (nSPS) is 27.3. The Labute approximate surface area is 110 Å². The Bertz CT molecular complexity index is 312. The molecule has 3 rings (SSSR count). The van der Waals surface area contributed by atoms with E-state index in [4.69, 9.17) is 0 Å². The lowest BCUT2D eigenvalue weighted by atomic mass is 9.98. The van der Waals surface area contributed by atoms with Crippen molar-refractivity contribution < 1.29 is 4.79 Å². The number of amides is 1. The fraction of sp³-hybridized carbons (Fsp3) is 0.933. The number of rotatable bonds is 5. The molecule has 0 aromatic heterocycles. The van der Waals surface area contributed by atoms with Gasteiger partial charge in [0.25, 0.3) is 0 Å². The van der Waals surface area contributed by atoms with Gasteiger partial charge in [-0.3, -0.25) is 4.79 Å². The largest absolute Gasteiger partial charge is 0.342 e. The molecular weight excluding hydrogens is 224 g/mol. The van der Waals surface area contributed by atoms with E-state index in [1.54, 1.807) is 0 Å². The minimum absolute atomic E-state index is 0.0638. The summed E-state index contributed by atoms with van der Waals surface area (Å²) in [5.74, 6) is 1.41. The van der Waals surface area contributed by atoms with Crippen molar-refractivity contribution in [2.24, 2.45) is 11.3 Å². The van der Waals surface area contributed by atoms with E-state index in [9.17, 15) is 4.79 Å². The molecule has 0 unspecified atom stereocenters. The summed E-state index contributed by atoms with van der Waals surface area (Å²) in [4.78, 5) is 14.5. The molecule has 1 heterocycles. The van der Waals surface area contributed by atoms with Gasteiger partial charge < -0.3 is 10.2 Å². The van der Waals surface area contributed by atoms with Crippen LogP contribution in [0, 0.1) is 11.3 Å². The highest BCUT2D eigenvalue weighted by Crippen LogP contribution is 2.50. The predicted molar refractivity (Wildman–Crippen MR) is 72.3 cm³/mol. The van der Waals surface area contributed by atoms with Gasteiger partial charge in [0.2, 0.25) is 5.91 Å². The Morgan fingerprint density at radius 1 is 1.22 bits per heavy atom. The van der Waals surface area contributed by atoms with Crippen molar-refractivity contribution in [2.45, 2.75) is 57.9 Å². The number of nitrogens with one attached hydrogen (secondary N) is 1. The number of nitrogens with zero attached hydrogens (tertiary/aromatic N) is 1. The van der Waals surface area contributed by atoms with Crippen LogP contribution in [0.1, 0.15) is 51.9 Å². The van der Waals surface area contributed by atoms with Crippen molar-refractivity contribution in [1.29, 1.82) is 0 Å². The first-order valence-electron chi connectivity index (χ1n) is 7.76. The van der Waals surface area contributed by atoms with Gasteiger partial charge in [-0.15, -0.1) is 0 Å². The summed E-state index contributed by atoms with van der Waals surface area (Å²) < 4.78 is 0. The van der Waals surface area contributed by atoms with Gasteiger partial charge in [0, 0.05) is 24.5 Å². The molecule has 3 aliphatic rings. The minimum atomic E-state index is 0.0638. The average Bonchev–Trinajstić information content (AvgIpc) is 3.30. The Hall–Kier alpha value is -0.570. The maximum absolute atomic E-state index is 12.4. The molecule has 3 heteroatoms. The Morgan fingerprint density at radius 3 is 2.39 bits per heavy atom. The monoisotopic (exact) mass is 250 g/mol. The lowest BCUT2D eigenvalue weighted by Crippen LogP contribution is -2.47. The van der Waals surface area contributed by atoms with Crippen molar-refractivity contribution >= 4 is 5.91 Å². The van der Waals surface area contributed by atoms with Crippen molar-refractivity contribution in [1.82, 2.24) is 10.2 Å². The number of likely N-dealkylation sites (tertiary alicyclic amines) is 1. The third-order valence-electron chi connectivity index (χ3n) is 5.16. The first kappa shape index (κ1) is 12.5. The SMILES string of the molecule is CCC1(C(=O)N2CCC(NCC3CC3)CC2)CC1. The maximum Gasteiger partial charge on any atom is 0.228 e. The van der Waals surface area contributed by atoms with E-state index in [1.165, 1.54) is 19.4 Å². The first-order valence-corrected chi connectivity index (χ1v) is 7.76. The van der Waals surface area contributed by atoms with E-state index < -0.39 is 0 Å². The third-order valence-corrected chi connectivity index (χ3v) is 5.16. The van der Waals surface area contributed by atoms with Crippen molar-refractivity contribution in [3.63, 3.8) is 0 Å². The summed E-state index contributed by atoms with van der Waals surface area (Å²) in [6.07, 6.45) is 8.43. The fourth-order valence-corrected chi connectivity index (χ4v) is 3.15. The van der Waals surface area contributed by atoms with Crippen LogP contribution in [0.4, 0.5) is 0 Å². The topological polar surface area (TPSA) is 32.3 Å². The molecule has 2 saturated carbocycles. The number of piperidine rings is 1. The summed E-state index contributed by atoms with van der Waals surface area (Å²) in [6.45, 7) is 5.32. The molecule has 2 aliphatic carbocycles. The lowest BCUT2D eigenvalue weighted by Gasteiger charge is -2.34. The highest BCUT2D eigenvalue weighted by molar-refractivity contribution is 5.85. The van der Waals surface area contributed by atoms with Crippen molar-refractivity contribution in [2.75, 3.05) is 19.6 Å². The van der Waals surface area contributed by atoms with Crippen LogP contribution in [0.15, 0.2) is 0 Å². The van der Waals surface area contributed by atoms with E-state index >= 15 is 0 Å². The molecule has 1 saturated heterocycles. The summed E-state index contributed by atoms with van der Waals surface area (Å²) in [7, 11) is 0. The molecule has 0 aromatic rings. The van der Waals surface area contributed by atoms with Gasteiger partial charge in [-0.25, -0.2) is 0 Å². The summed E-state index contributed by atoms with van der Waals surface area (Å²) in [5, 5.41) is 3.67. The molecule has 1 aliphatic heterocycles. The third kappa shape index (κ3) is 2.56. The number of hydrogen-bond acceptors (Lipinski definition) is 2. The zero-order valence-electron chi connectivity index (χ0n) is 11.6. The van der Waals surface area contributed by atoms with Gasteiger partial charge in [-0.1, -0.05) is 6.92 Å². The second-order valence-corrected chi connectivity index (χ2v) is 6.55. The van der Waals surface area contributed by atoms with Crippen LogP contribution in [0.3, 0.4) is 0 Å². The van der Waals surface area contributed by atoms with E-state index in [1.807, 2.05) is 0 Å². The van der Waals surface area contributed by atoms with Gasteiger partial charge in [0.1, 0.15) is 0 Å². The predicted octanol–water partition coefficient (Wildman–Crippen LogP) is 2.17. The summed E-state index contributed by atoms with van der Waals surface area (Å²) in [6, 6.07) is 0.659. The molecule has 1 amide bonds. The van der Waals surface area contributed by atoms with E-state index in [2.05, 4.69) is 17.1 Å². The van der Waals surface area contributed by atoms with E-state index in [0.717, 1.165) is 51.1 Å². The molecule has 0 spiro atoms. The van der Waals surface area contributed by atoms with Crippen LogP contribution in [-0.4, -0.2) is 36.5 Å². The highest BCUT2D eigenvalue weighted by atomic mass is 16.2. The number of carbonyl (C=O) groups is 1. The zero-order valence-corrected chi connectivity index (χ0v) is 11.6. The molecule has 18 heavy (non-hydrogen) atoms. The van der Waals surface area contributed by atoms with Crippen LogP contribution in [-0.2, 0) is 4.79 Å². The van der Waals surface area contributed by atoms with Gasteiger partial charge >= 0.3 is 0 Å². The minimum Gasteiger partial charge on any atom is -0.342 e. The molecule has 3 nitrogen and oxygen atoms in total. The Morgan fingerprint density at radius 2 is 1.89 bits per heavy atom. The smallest absolute Gasteiger partial charge is 0.228 e. The fourth-order valence-electron chi connectivity index (χ4n) is 3.15. The van der Waals surface area contributed by atoms with E-state index in [0.29, 0.717) is 11.9 Å². The molecule has 3 fully saturated rings. The number of hydrogen-bond donors (Lipinski definition) is 1. The van der Waals surface area contributed by atoms with Gasteiger partial charge in [0.05, 0.1) is 0 Å². The summed E-state index contributed by atoms with van der Waals surface area (Å²) in [5.41, 5.74) is 0.0638. The molecule has 0 radical (unpaired) electrons. The average molecular weight is 250 g/mol. The lowest BCUT2D eigenvalue weighted by molar-refractivity contribution is -0.138. The standard InChI is InChI=1S/C15H26N2O/c1-2-15(7-8-15)14(18)17-9-5-13(6-10-17)16-11-12-3-4-12/h12-13,16H,2-11H2,1H3. The van der Waals surface area contributed by atoms with Gasteiger partial charge in [-0.05, 0) is 57.4 Å². The highest BCUT2D eigenvalue weighted by Gasteiger charge is 2.50. The van der Waals surface area contributed by atoms with Crippen LogP contribution in [0.25, 0.3) is 0 Å². The Kier molecular flexibility index (Phi) is 3.35. The maximum atomic E-state index is 12.4. The van der Waals surface area contributed by atoms with Crippen molar-refractivity contribution in [3.05, 3.63) is 0 Å². The number of carbonyl (C=O) groups excluding carboxylic acids is 1. The molecule has 102 valence electrons. The molecule has 0 atom stereocenters. The van der Waals surface area contributed by atoms with Crippen LogP contribution >= 0.6 is 0 Å². The van der Waals surface area contributed by atoms with Gasteiger partial charge in [-0.2, -0.15) is 0 Å². The van der Waals surface area contributed by atoms with E-state index in [-0.39, 0.29) is 5.41 Å². The summed E-state index contributed by atoms with van der Waals surface area (Å²) >= 11 is 0. The quantitative estimate of drug-likeness (QED) is 0.811. The van der Waals surface area contributed by atoms with Crippen LogP contribution in [0.5, 0.6) is 0 Å². The molecule has 0 bridgehead atoms. The molecule has 1 N–H and O–H groups in total.